The summed E-state index contributed by atoms with van der Waals surface area (Å²) in [5.74, 6) is 0.782. The highest BCUT2D eigenvalue weighted by Crippen LogP contribution is 2.31. The van der Waals surface area contributed by atoms with Crippen molar-refractivity contribution in [2.24, 2.45) is 0 Å². The molecule has 5 nitrogen and oxygen atoms in total. The maximum Gasteiger partial charge on any atom is 0.226 e. The van der Waals surface area contributed by atoms with Crippen molar-refractivity contribution in [2.45, 2.75) is 25.8 Å². The number of carbonyl (C=O) groups excluding carboxylic acids is 1. The van der Waals surface area contributed by atoms with Crippen LogP contribution in [0.2, 0.25) is 0 Å². The van der Waals surface area contributed by atoms with Crippen LogP contribution < -0.4 is 10.1 Å². The van der Waals surface area contributed by atoms with Gasteiger partial charge in [0, 0.05) is 17.4 Å². The van der Waals surface area contributed by atoms with E-state index in [1.165, 1.54) is 0 Å². The van der Waals surface area contributed by atoms with Gasteiger partial charge in [0.05, 0.1) is 19.1 Å². The molecular weight excluding hydrogens is 304 g/mol. The summed E-state index contributed by atoms with van der Waals surface area (Å²) in [4.78, 5) is 12.5. The number of benzene rings is 2. The van der Waals surface area contributed by atoms with Crippen LogP contribution in [0.3, 0.4) is 0 Å². The summed E-state index contributed by atoms with van der Waals surface area (Å²) in [6.07, 6.45) is 0.970. The van der Waals surface area contributed by atoms with E-state index in [4.69, 9.17) is 9.26 Å². The molecule has 0 fully saturated rings. The van der Waals surface area contributed by atoms with Crippen molar-refractivity contribution >= 4 is 16.9 Å². The molecule has 0 spiro atoms. The number of hydrogen-bond acceptors (Lipinski definition) is 4. The quantitative estimate of drug-likeness (QED) is 0.803. The van der Waals surface area contributed by atoms with Crippen molar-refractivity contribution in [3.05, 3.63) is 59.3 Å². The number of nitrogens with one attached hydrogen (secondary N) is 1. The second-order valence-electron chi connectivity index (χ2n) is 6.10. The molecular formula is C19H18N2O3. The van der Waals surface area contributed by atoms with Crippen LogP contribution in [0.25, 0.3) is 11.0 Å². The Morgan fingerprint density at radius 3 is 3.08 bits per heavy atom. The van der Waals surface area contributed by atoms with E-state index in [1.54, 1.807) is 0 Å². The molecule has 24 heavy (non-hydrogen) atoms. The number of rotatable bonds is 3. The zero-order chi connectivity index (χ0) is 16.5. The number of aryl methyl sites for hydroxylation is 1. The molecule has 0 saturated heterocycles. The molecule has 1 N–H and O–H groups in total. The van der Waals surface area contributed by atoms with E-state index in [2.05, 4.69) is 10.5 Å². The van der Waals surface area contributed by atoms with E-state index in [1.807, 2.05) is 49.4 Å². The maximum absolute atomic E-state index is 12.5. The molecule has 0 bridgehead atoms. The summed E-state index contributed by atoms with van der Waals surface area (Å²) in [6, 6.07) is 13.6. The lowest BCUT2D eigenvalue weighted by Gasteiger charge is -2.26. The lowest BCUT2D eigenvalue weighted by atomic mass is 10.0. The molecule has 4 rings (SSSR count). The van der Waals surface area contributed by atoms with Crippen LogP contribution in [0.1, 0.15) is 29.3 Å². The molecule has 2 heterocycles. The van der Waals surface area contributed by atoms with E-state index in [9.17, 15) is 4.79 Å². The molecule has 1 unspecified atom stereocenters. The van der Waals surface area contributed by atoms with E-state index < -0.39 is 0 Å². The number of nitrogens with zero attached hydrogens (tertiary/aromatic N) is 1. The number of carbonyl (C=O) groups is 1. The topological polar surface area (TPSA) is 64.4 Å². The van der Waals surface area contributed by atoms with Crippen molar-refractivity contribution in [3.8, 4) is 5.75 Å². The Labute approximate surface area is 139 Å². The maximum atomic E-state index is 12.5. The third kappa shape index (κ3) is 2.73. The van der Waals surface area contributed by atoms with Gasteiger partial charge in [0.2, 0.25) is 5.91 Å². The normalized spacial score (nSPS) is 16.5. The summed E-state index contributed by atoms with van der Waals surface area (Å²) < 4.78 is 10.9. The molecule has 0 aliphatic carbocycles. The minimum absolute atomic E-state index is 0.0256. The molecule has 1 amide bonds. The van der Waals surface area contributed by atoms with Gasteiger partial charge in [-0.15, -0.1) is 0 Å². The first-order valence-corrected chi connectivity index (χ1v) is 8.07. The number of amides is 1. The zero-order valence-corrected chi connectivity index (χ0v) is 13.4. The van der Waals surface area contributed by atoms with Crippen LogP contribution in [0.15, 0.2) is 47.0 Å². The van der Waals surface area contributed by atoms with Gasteiger partial charge in [-0.1, -0.05) is 35.0 Å². The lowest BCUT2D eigenvalue weighted by molar-refractivity contribution is -0.121. The second kappa shape index (κ2) is 6.00. The molecule has 1 atom stereocenters. The van der Waals surface area contributed by atoms with Crippen molar-refractivity contribution in [2.75, 3.05) is 6.61 Å². The summed E-state index contributed by atoms with van der Waals surface area (Å²) in [5, 5.41) is 8.05. The Kier molecular flexibility index (Phi) is 3.69. The standard InChI is InChI=1S/C19H18N2O3/c1-12-6-7-18-14(10-12)16(21-24-18)11-19(22)20-15-8-9-23-17-5-3-2-4-13(15)17/h2-7,10,15H,8-9,11H2,1H3,(H,20,22). The molecule has 1 aromatic heterocycles. The summed E-state index contributed by atoms with van der Waals surface area (Å²) in [5.41, 5.74) is 3.52. The molecule has 5 heteroatoms. The molecule has 3 aromatic rings. The predicted octanol–water partition coefficient (Wildman–Crippen LogP) is 3.32. The van der Waals surface area contributed by atoms with Crippen molar-refractivity contribution < 1.29 is 14.1 Å². The average molecular weight is 322 g/mol. The number of aromatic nitrogens is 1. The monoisotopic (exact) mass is 322 g/mol. The largest absolute Gasteiger partial charge is 0.493 e. The minimum atomic E-state index is -0.0617. The number of para-hydroxylation sites is 1. The first kappa shape index (κ1) is 14.8. The Balaban J connectivity index is 1.52. The van der Waals surface area contributed by atoms with Crippen molar-refractivity contribution in [1.29, 1.82) is 0 Å². The van der Waals surface area contributed by atoms with Gasteiger partial charge in [-0.2, -0.15) is 0 Å². The van der Waals surface area contributed by atoms with Gasteiger partial charge in [-0.25, -0.2) is 0 Å². The Hall–Kier alpha value is -2.82. The number of ether oxygens (including phenoxy) is 1. The molecule has 2 aromatic carbocycles. The highest BCUT2D eigenvalue weighted by molar-refractivity contribution is 5.86. The van der Waals surface area contributed by atoms with E-state index in [0.29, 0.717) is 17.9 Å². The Morgan fingerprint density at radius 2 is 2.17 bits per heavy atom. The van der Waals surface area contributed by atoms with Crippen LogP contribution in [0.5, 0.6) is 5.75 Å². The van der Waals surface area contributed by atoms with Crippen molar-refractivity contribution in [1.82, 2.24) is 10.5 Å². The van der Waals surface area contributed by atoms with Gasteiger partial charge >= 0.3 is 0 Å². The molecule has 1 aliphatic rings. The Bertz CT molecular complexity index is 901. The van der Waals surface area contributed by atoms with Crippen molar-refractivity contribution in [3.63, 3.8) is 0 Å². The molecule has 1 aliphatic heterocycles. The van der Waals surface area contributed by atoms with Gasteiger partial charge in [0.15, 0.2) is 5.58 Å². The van der Waals surface area contributed by atoms with E-state index in [0.717, 1.165) is 28.7 Å². The van der Waals surface area contributed by atoms with Gasteiger partial charge in [-0.05, 0) is 25.1 Å². The average Bonchev–Trinajstić information content (AvgIpc) is 2.97. The first-order chi connectivity index (χ1) is 11.7. The molecule has 0 radical (unpaired) electrons. The first-order valence-electron chi connectivity index (χ1n) is 8.07. The third-order valence-corrected chi connectivity index (χ3v) is 4.32. The summed E-state index contributed by atoms with van der Waals surface area (Å²) >= 11 is 0. The fraction of sp³-hybridized carbons (Fsp3) is 0.263. The predicted molar refractivity (Wildman–Crippen MR) is 89.9 cm³/mol. The fourth-order valence-corrected chi connectivity index (χ4v) is 3.12. The van der Waals surface area contributed by atoms with Crippen LogP contribution in [-0.4, -0.2) is 17.7 Å². The second-order valence-corrected chi connectivity index (χ2v) is 6.10. The number of fused-ring (bicyclic) bond motifs is 2. The Morgan fingerprint density at radius 1 is 1.29 bits per heavy atom. The van der Waals surface area contributed by atoms with Crippen LogP contribution >= 0.6 is 0 Å². The van der Waals surface area contributed by atoms with Crippen LogP contribution in [-0.2, 0) is 11.2 Å². The highest BCUT2D eigenvalue weighted by atomic mass is 16.5. The van der Waals surface area contributed by atoms with Crippen LogP contribution in [0, 0.1) is 6.92 Å². The zero-order valence-electron chi connectivity index (χ0n) is 13.4. The SMILES string of the molecule is Cc1ccc2onc(CC(=O)NC3CCOc4ccccc43)c2c1. The minimum Gasteiger partial charge on any atom is -0.493 e. The van der Waals surface area contributed by atoms with Gasteiger partial charge in [-0.3, -0.25) is 4.79 Å². The van der Waals surface area contributed by atoms with E-state index in [-0.39, 0.29) is 18.4 Å². The molecule has 122 valence electrons. The summed E-state index contributed by atoms with van der Waals surface area (Å²) in [6.45, 7) is 2.61. The lowest BCUT2D eigenvalue weighted by Crippen LogP contribution is -2.33. The van der Waals surface area contributed by atoms with E-state index >= 15 is 0 Å². The number of hydrogen-bond donors (Lipinski definition) is 1. The fourth-order valence-electron chi connectivity index (χ4n) is 3.12. The van der Waals surface area contributed by atoms with Gasteiger partial charge < -0.3 is 14.6 Å². The third-order valence-electron chi connectivity index (χ3n) is 4.32. The van der Waals surface area contributed by atoms with Crippen LogP contribution in [0.4, 0.5) is 0 Å². The smallest absolute Gasteiger partial charge is 0.226 e. The molecule has 0 saturated carbocycles. The van der Waals surface area contributed by atoms with Gasteiger partial charge in [0.1, 0.15) is 11.4 Å². The van der Waals surface area contributed by atoms with Gasteiger partial charge in [0.25, 0.3) is 0 Å². The summed E-state index contributed by atoms with van der Waals surface area (Å²) in [7, 11) is 0. The highest BCUT2D eigenvalue weighted by Gasteiger charge is 2.23.